The molecule has 2 rings (SSSR count). The van der Waals surface area contributed by atoms with E-state index in [2.05, 4.69) is 46.8 Å². The number of benzene rings is 1. The Bertz CT molecular complexity index is 656. The van der Waals surface area contributed by atoms with Crippen LogP contribution in [0.4, 0.5) is 4.39 Å². The molecule has 140 valence electrons. The summed E-state index contributed by atoms with van der Waals surface area (Å²) < 4.78 is 20.3. The first-order valence-corrected chi connectivity index (χ1v) is 9.48. The van der Waals surface area contributed by atoms with Crippen LogP contribution in [0.2, 0.25) is 0 Å². The van der Waals surface area contributed by atoms with Gasteiger partial charge < -0.3 is 9.84 Å². The minimum absolute atomic E-state index is 0.0530. The maximum absolute atomic E-state index is 14.3. The second-order valence-electron chi connectivity index (χ2n) is 8.41. The average molecular weight is 349 g/mol. The summed E-state index contributed by atoms with van der Waals surface area (Å²) in [5.74, 6) is 0.281. The van der Waals surface area contributed by atoms with Crippen LogP contribution in [0.3, 0.4) is 0 Å². The van der Waals surface area contributed by atoms with Crippen molar-refractivity contribution in [2.24, 2.45) is 0 Å². The molecule has 1 aromatic carbocycles. The predicted molar refractivity (Wildman–Crippen MR) is 103 cm³/mol. The lowest BCUT2D eigenvalue weighted by atomic mass is 9.62. The molecule has 0 unspecified atom stereocenters. The molecule has 1 aromatic rings. The number of aliphatic hydroxyl groups is 1. The van der Waals surface area contributed by atoms with E-state index in [9.17, 15) is 9.50 Å². The quantitative estimate of drug-likeness (QED) is 0.693. The van der Waals surface area contributed by atoms with Gasteiger partial charge in [0.2, 0.25) is 0 Å². The first kappa shape index (κ1) is 20.0. The lowest BCUT2D eigenvalue weighted by Gasteiger charge is -2.42. The van der Waals surface area contributed by atoms with Gasteiger partial charge in [0, 0.05) is 5.56 Å². The zero-order valence-electron chi connectivity index (χ0n) is 16.6. The Hall–Kier alpha value is -1.35. The Balaban J connectivity index is 2.74. The van der Waals surface area contributed by atoms with Crippen LogP contribution < -0.4 is 4.74 Å². The van der Waals surface area contributed by atoms with Gasteiger partial charge in [-0.3, -0.25) is 0 Å². The third-order valence-corrected chi connectivity index (χ3v) is 5.56. The Morgan fingerprint density at radius 3 is 2.12 bits per heavy atom. The van der Waals surface area contributed by atoms with Gasteiger partial charge in [0.15, 0.2) is 0 Å². The van der Waals surface area contributed by atoms with Crippen molar-refractivity contribution in [3.05, 3.63) is 34.6 Å². The first-order chi connectivity index (χ1) is 11.7. The van der Waals surface area contributed by atoms with Crippen molar-refractivity contribution in [2.45, 2.75) is 78.1 Å². The van der Waals surface area contributed by atoms with Crippen molar-refractivity contribution in [3.63, 3.8) is 0 Å². The topological polar surface area (TPSA) is 29.5 Å². The van der Waals surface area contributed by atoms with E-state index in [4.69, 9.17) is 4.74 Å². The van der Waals surface area contributed by atoms with Crippen LogP contribution in [0, 0.1) is 0 Å². The van der Waals surface area contributed by atoms with Crippen LogP contribution in [-0.2, 0) is 10.8 Å². The molecule has 0 atom stereocenters. The number of hydrogen-bond donors (Lipinski definition) is 1. The molecule has 0 aromatic heterocycles. The standard InChI is InChI=1S/C22H33FO2/c1-7-11-25-20-13-18-17(21(3,4)9-10-22(18,5)6)12-16(20)15(8-2)19(23)14-24/h12-13,24H,7-11,14H2,1-6H3/b19-15+. The molecular weight excluding hydrogens is 315 g/mol. The van der Waals surface area contributed by atoms with Gasteiger partial charge in [-0.2, -0.15) is 0 Å². The van der Waals surface area contributed by atoms with Crippen LogP contribution in [-0.4, -0.2) is 18.3 Å². The van der Waals surface area contributed by atoms with Gasteiger partial charge in [-0.1, -0.05) is 41.5 Å². The van der Waals surface area contributed by atoms with Gasteiger partial charge in [0.05, 0.1) is 13.2 Å². The van der Waals surface area contributed by atoms with E-state index in [1.54, 1.807) is 0 Å². The average Bonchev–Trinajstić information content (AvgIpc) is 2.57. The van der Waals surface area contributed by atoms with Crippen LogP contribution in [0.15, 0.2) is 18.0 Å². The summed E-state index contributed by atoms with van der Waals surface area (Å²) in [6.45, 7) is 13.1. The first-order valence-electron chi connectivity index (χ1n) is 9.48. The normalized spacial score (nSPS) is 19.2. The van der Waals surface area contributed by atoms with Gasteiger partial charge in [0.1, 0.15) is 11.6 Å². The maximum Gasteiger partial charge on any atom is 0.129 e. The molecule has 0 heterocycles. The summed E-state index contributed by atoms with van der Waals surface area (Å²) in [6.07, 6.45) is 3.66. The molecule has 0 saturated carbocycles. The maximum atomic E-state index is 14.3. The van der Waals surface area contributed by atoms with Crippen molar-refractivity contribution in [2.75, 3.05) is 13.2 Å². The molecule has 0 spiro atoms. The Kier molecular flexibility index (Phi) is 5.98. The number of fused-ring (bicyclic) bond motifs is 1. The highest BCUT2D eigenvalue weighted by molar-refractivity contribution is 5.74. The van der Waals surface area contributed by atoms with Crippen molar-refractivity contribution in [1.29, 1.82) is 0 Å². The molecule has 1 aliphatic carbocycles. The van der Waals surface area contributed by atoms with E-state index < -0.39 is 12.4 Å². The monoisotopic (exact) mass is 348 g/mol. The largest absolute Gasteiger partial charge is 0.493 e. The molecule has 1 aliphatic rings. The predicted octanol–water partition coefficient (Wildman–Crippen LogP) is 5.91. The van der Waals surface area contributed by atoms with E-state index >= 15 is 0 Å². The van der Waals surface area contributed by atoms with Crippen molar-refractivity contribution < 1.29 is 14.2 Å². The molecule has 3 heteroatoms. The number of allylic oxidation sites excluding steroid dienone is 1. The SMILES string of the molecule is CCCOc1cc2c(cc1/C(CC)=C(/F)CO)C(C)(C)CCC2(C)C. The summed E-state index contributed by atoms with van der Waals surface area (Å²) in [7, 11) is 0. The molecule has 25 heavy (non-hydrogen) atoms. The van der Waals surface area contributed by atoms with E-state index in [0.29, 0.717) is 18.6 Å². The minimum Gasteiger partial charge on any atom is -0.493 e. The summed E-state index contributed by atoms with van der Waals surface area (Å²) >= 11 is 0. The lowest BCUT2D eigenvalue weighted by molar-refractivity contribution is 0.297. The number of ether oxygens (including phenoxy) is 1. The molecule has 0 saturated heterocycles. The third kappa shape index (κ3) is 3.92. The summed E-state index contributed by atoms with van der Waals surface area (Å²) in [5.41, 5.74) is 4.07. The molecule has 0 aliphatic heterocycles. The van der Waals surface area contributed by atoms with Crippen molar-refractivity contribution in [1.82, 2.24) is 0 Å². The fraction of sp³-hybridized carbons (Fsp3) is 0.636. The summed E-state index contributed by atoms with van der Waals surface area (Å²) in [6, 6.07) is 4.25. The highest BCUT2D eigenvalue weighted by atomic mass is 19.1. The van der Waals surface area contributed by atoms with Crippen molar-refractivity contribution in [3.8, 4) is 5.75 Å². The van der Waals surface area contributed by atoms with Gasteiger partial charge in [-0.15, -0.1) is 0 Å². The number of aliphatic hydroxyl groups excluding tert-OH is 1. The number of rotatable bonds is 6. The van der Waals surface area contributed by atoms with Crippen LogP contribution >= 0.6 is 0 Å². The Morgan fingerprint density at radius 2 is 1.64 bits per heavy atom. The fourth-order valence-electron chi connectivity index (χ4n) is 3.79. The minimum atomic E-state index is -0.567. The Labute approximate surface area is 152 Å². The van der Waals surface area contributed by atoms with Gasteiger partial charge >= 0.3 is 0 Å². The number of hydrogen-bond acceptors (Lipinski definition) is 2. The van der Waals surface area contributed by atoms with Crippen LogP contribution in [0.25, 0.3) is 5.57 Å². The Morgan fingerprint density at radius 1 is 1.08 bits per heavy atom. The van der Waals surface area contributed by atoms with Crippen LogP contribution in [0.1, 0.15) is 83.9 Å². The van der Waals surface area contributed by atoms with E-state index in [-0.39, 0.29) is 10.8 Å². The second kappa shape index (κ2) is 7.49. The third-order valence-electron chi connectivity index (χ3n) is 5.56. The van der Waals surface area contributed by atoms with Gasteiger partial charge in [-0.05, 0) is 65.3 Å². The van der Waals surface area contributed by atoms with E-state index in [1.165, 1.54) is 11.1 Å². The van der Waals surface area contributed by atoms with Gasteiger partial charge in [-0.25, -0.2) is 4.39 Å². The zero-order valence-corrected chi connectivity index (χ0v) is 16.6. The highest BCUT2D eigenvalue weighted by Gasteiger charge is 2.38. The summed E-state index contributed by atoms with van der Waals surface area (Å²) in [4.78, 5) is 0. The van der Waals surface area contributed by atoms with E-state index in [0.717, 1.165) is 30.6 Å². The van der Waals surface area contributed by atoms with Crippen molar-refractivity contribution >= 4 is 5.57 Å². The number of halogens is 1. The molecule has 0 fully saturated rings. The molecule has 1 N–H and O–H groups in total. The molecule has 2 nitrogen and oxygen atoms in total. The summed E-state index contributed by atoms with van der Waals surface area (Å²) in [5, 5.41) is 9.32. The molecular formula is C22H33FO2. The molecule has 0 bridgehead atoms. The smallest absolute Gasteiger partial charge is 0.129 e. The molecule has 0 radical (unpaired) electrons. The fourth-order valence-corrected chi connectivity index (χ4v) is 3.79. The highest BCUT2D eigenvalue weighted by Crippen LogP contribution is 2.49. The zero-order chi connectivity index (χ0) is 18.8. The van der Waals surface area contributed by atoms with Gasteiger partial charge in [0.25, 0.3) is 0 Å². The molecule has 0 amide bonds. The van der Waals surface area contributed by atoms with Crippen LogP contribution in [0.5, 0.6) is 5.75 Å². The second-order valence-corrected chi connectivity index (χ2v) is 8.41. The lowest BCUT2D eigenvalue weighted by Crippen LogP contribution is -2.34. The van der Waals surface area contributed by atoms with E-state index in [1.807, 2.05) is 6.92 Å².